The van der Waals surface area contributed by atoms with Gasteiger partial charge >= 0.3 is 15.5 Å². The van der Waals surface area contributed by atoms with Crippen LogP contribution in [0.3, 0.4) is 0 Å². The van der Waals surface area contributed by atoms with Crippen molar-refractivity contribution in [3.8, 4) is 0 Å². The minimum Gasteiger partial charge on any atom is -0.395 e. The molecular weight excluding hydrogens is 453 g/mol. The van der Waals surface area contributed by atoms with Gasteiger partial charge in [0.1, 0.15) is 12.3 Å². The largest absolute Gasteiger partial charge is 0.516 e. The zero-order chi connectivity index (χ0) is 25.1. The molecule has 184 valence electrons. The summed E-state index contributed by atoms with van der Waals surface area (Å²) in [6.45, 7) is 10.2. The van der Waals surface area contributed by atoms with Crippen LogP contribution in [0.5, 0.6) is 0 Å². The average Bonchev–Trinajstić information content (AvgIpc) is 2.78. The summed E-state index contributed by atoms with van der Waals surface area (Å²) in [5.74, 6) is 0.298. The van der Waals surface area contributed by atoms with E-state index in [0.29, 0.717) is 18.1 Å². The molecule has 9 heteroatoms. The number of hydrogen-bond acceptors (Lipinski definition) is 4. The number of alkyl halides is 3. The van der Waals surface area contributed by atoms with Crippen LogP contribution in [0.15, 0.2) is 53.7 Å². The standard InChI is InChI=1S/C22H27F3N2O3S.C2H6/c1-4-9-17(5-2)15-30-26-21(18-10-7-6-8-11-18)19-14-16(3)12-13-20(19)27-31(28,29)22(23,24)25;1-2/h6-8,10-14,17,27H,4-5,9,15H2,1-3H3;1-2H3/b26-21+;. The molecule has 0 bridgehead atoms. The van der Waals surface area contributed by atoms with Crippen molar-refractivity contribution in [3.63, 3.8) is 0 Å². The first-order chi connectivity index (χ1) is 15.6. The molecule has 5 nitrogen and oxygen atoms in total. The summed E-state index contributed by atoms with van der Waals surface area (Å²) in [6.07, 6.45) is 2.87. The zero-order valence-corrected chi connectivity index (χ0v) is 20.6. The van der Waals surface area contributed by atoms with Gasteiger partial charge in [0.15, 0.2) is 0 Å². The number of aryl methyl sites for hydroxylation is 1. The number of rotatable bonds is 10. The van der Waals surface area contributed by atoms with E-state index in [1.54, 1.807) is 48.0 Å². The molecule has 2 aromatic carbocycles. The quantitative estimate of drug-likeness (QED) is 0.294. The maximum Gasteiger partial charge on any atom is 0.516 e. The maximum atomic E-state index is 13.0. The number of nitrogens with zero attached hydrogens (tertiary/aromatic N) is 1. The molecule has 33 heavy (non-hydrogen) atoms. The highest BCUT2D eigenvalue weighted by Gasteiger charge is 2.46. The van der Waals surface area contributed by atoms with E-state index in [9.17, 15) is 21.6 Å². The molecule has 0 aromatic heterocycles. The van der Waals surface area contributed by atoms with E-state index < -0.39 is 15.5 Å². The van der Waals surface area contributed by atoms with E-state index in [0.717, 1.165) is 24.8 Å². The van der Waals surface area contributed by atoms with Gasteiger partial charge in [0.25, 0.3) is 0 Å². The Bertz CT molecular complexity index is 992. The van der Waals surface area contributed by atoms with Crippen molar-refractivity contribution in [2.45, 2.75) is 59.4 Å². The fourth-order valence-electron chi connectivity index (χ4n) is 3.02. The average molecular weight is 487 g/mol. The van der Waals surface area contributed by atoms with Crippen LogP contribution in [0.1, 0.15) is 63.6 Å². The van der Waals surface area contributed by atoms with Gasteiger partial charge in [-0.25, -0.2) is 0 Å². The lowest BCUT2D eigenvalue weighted by atomic mass is 9.99. The molecule has 0 aliphatic rings. The lowest BCUT2D eigenvalue weighted by Crippen LogP contribution is -2.30. The van der Waals surface area contributed by atoms with E-state index in [4.69, 9.17) is 4.84 Å². The molecule has 0 radical (unpaired) electrons. The summed E-state index contributed by atoms with van der Waals surface area (Å²) < 4.78 is 64.0. The number of sulfonamides is 1. The van der Waals surface area contributed by atoms with Gasteiger partial charge in [0, 0.05) is 11.1 Å². The summed E-state index contributed by atoms with van der Waals surface area (Å²) in [5.41, 5.74) is -3.91. The monoisotopic (exact) mass is 486 g/mol. The van der Waals surface area contributed by atoms with Crippen molar-refractivity contribution < 1.29 is 26.4 Å². The Kier molecular flexibility index (Phi) is 11.4. The zero-order valence-electron chi connectivity index (χ0n) is 19.7. The molecule has 1 atom stereocenters. The highest BCUT2D eigenvalue weighted by Crippen LogP contribution is 2.29. The van der Waals surface area contributed by atoms with Gasteiger partial charge in [-0.3, -0.25) is 4.72 Å². The highest BCUT2D eigenvalue weighted by atomic mass is 32.2. The van der Waals surface area contributed by atoms with Crippen molar-refractivity contribution in [1.29, 1.82) is 0 Å². The molecule has 2 rings (SSSR count). The van der Waals surface area contributed by atoms with Crippen molar-refractivity contribution in [2.75, 3.05) is 11.3 Å². The molecule has 0 spiro atoms. The molecule has 0 heterocycles. The van der Waals surface area contributed by atoms with Gasteiger partial charge in [-0.15, -0.1) is 0 Å². The Morgan fingerprint density at radius 2 is 1.73 bits per heavy atom. The predicted molar refractivity (Wildman–Crippen MR) is 128 cm³/mol. The minimum absolute atomic E-state index is 0.197. The second kappa shape index (κ2) is 13.2. The molecule has 0 aliphatic heterocycles. The molecule has 0 amide bonds. The summed E-state index contributed by atoms with van der Waals surface area (Å²) in [7, 11) is -5.59. The molecule has 2 aromatic rings. The predicted octanol–water partition coefficient (Wildman–Crippen LogP) is 6.88. The Hall–Kier alpha value is -2.55. The number of halogens is 3. The van der Waals surface area contributed by atoms with Crippen molar-refractivity contribution in [2.24, 2.45) is 11.1 Å². The van der Waals surface area contributed by atoms with E-state index in [2.05, 4.69) is 19.0 Å². The first kappa shape index (κ1) is 28.5. The molecular formula is C24H33F3N2O3S. The summed E-state index contributed by atoms with van der Waals surface area (Å²) >= 11 is 0. The smallest absolute Gasteiger partial charge is 0.395 e. The number of nitrogens with one attached hydrogen (secondary N) is 1. The summed E-state index contributed by atoms with van der Waals surface area (Å²) in [5, 5.41) is 4.23. The third-order valence-electron chi connectivity index (χ3n) is 4.77. The molecule has 0 fully saturated rings. The Morgan fingerprint density at radius 3 is 2.27 bits per heavy atom. The number of oxime groups is 1. The fraction of sp³-hybridized carbons (Fsp3) is 0.458. The second-order valence-corrected chi connectivity index (χ2v) is 8.94. The van der Waals surface area contributed by atoms with Crippen molar-refractivity contribution in [1.82, 2.24) is 0 Å². The third kappa shape index (κ3) is 8.38. The van der Waals surface area contributed by atoms with Gasteiger partial charge in [-0.05, 0) is 37.8 Å². The van der Waals surface area contributed by atoms with Gasteiger partial charge in [-0.2, -0.15) is 21.6 Å². The van der Waals surface area contributed by atoms with Gasteiger partial charge in [0.2, 0.25) is 0 Å². The van der Waals surface area contributed by atoms with Crippen molar-refractivity contribution >= 4 is 21.4 Å². The number of benzene rings is 2. The molecule has 0 saturated carbocycles. The fourth-order valence-corrected chi connectivity index (χ4v) is 3.60. The summed E-state index contributed by atoms with van der Waals surface area (Å²) in [6, 6.07) is 13.2. The van der Waals surface area contributed by atoms with Gasteiger partial charge < -0.3 is 4.84 Å². The van der Waals surface area contributed by atoms with E-state index in [-0.39, 0.29) is 17.0 Å². The number of anilines is 1. The van der Waals surface area contributed by atoms with Crippen LogP contribution in [-0.4, -0.2) is 26.2 Å². The maximum absolute atomic E-state index is 13.0. The lowest BCUT2D eigenvalue weighted by Gasteiger charge is -2.17. The Labute approximate surface area is 195 Å². The van der Waals surface area contributed by atoms with Crippen LogP contribution in [0.2, 0.25) is 0 Å². The van der Waals surface area contributed by atoms with Crippen molar-refractivity contribution in [3.05, 3.63) is 65.2 Å². The molecule has 0 aliphatic carbocycles. The summed E-state index contributed by atoms with van der Waals surface area (Å²) in [4.78, 5) is 5.59. The first-order valence-electron chi connectivity index (χ1n) is 11.0. The third-order valence-corrected chi connectivity index (χ3v) is 5.86. The normalized spacial score (nSPS) is 13.0. The topological polar surface area (TPSA) is 67.8 Å². The Morgan fingerprint density at radius 1 is 1.09 bits per heavy atom. The molecule has 1 N–H and O–H groups in total. The van der Waals surface area contributed by atoms with Gasteiger partial charge in [0.05, 0.1) is 5.69 Å². The molecule has 0 saturated heterocycles. The Balaban J connectivity index is 0.00000265. The lowest BCUT2D eigenvalue weighted by molar-refractivity contribution is -0.0429. The SMILES string of the molecule is CC.CCCC(CC)CO/N=C(\c1ccccc1)c1cc(C)ccc1NS(=O)(=O)C(F)(F)F. The number of hydrogen-bond donors (Lipinski definition) is 1. The van der Waals surface area contributed by atoms with Crippen LogP contribution in [-0.2, 0) is 14.9 Å². The minimum atomic E-state index is -5.59. The van der Waals surface area contributed by atoms with E-state index in [1.165, 1.54) is 12.1 Å². The highest BCUT2D eigenvalue weighted by molar-refractivity contribution is 7.93. The van der Waals surface area contributed by atoms with E-state index in [1.807, 2.05) is 13.8 Å². The van der Waals surface area contributed by atoms with E-state index >= 15 is 0 Å². The van der Waals surface area contributed by atoms with Crippen LogP contribution >= 0.6 is 0 Å². The molecule has 1 unspecified atom stereocenters. The van der Waals surface area contributed by atoms with Crippen LogP contribution < -0.4 is 4.72 Å². The first-order valence-corrected chi connectivity index (χ1v) is 12.5. The van der Waals surface area contributed by atoms with Crippen LogP contribution in [0.25, 0.3) is 0 Å². The van der Waals surface area contributed by atoms with Crippen LogP contribution in [0.4, 0.5) is 18.9 Å². The van der Waals surface area contributed by atoms with Crippen LogP contribution in [0, 0.1) is 12.8 Å². The van der Waals surface area contributed by atoms with Gasteiger partial charge in [-0.1, -0.05) is 81.2 Å². The second-order valence-electron chi connectivity index (χ2n) is 7.26.